The van der Waals surface area contributed by atoms with Crippen molar-refractivity contribution in [3.05, 3.63) is 40.7 Å². The number of nitrogens with one attached hydrogen (secondary N) is 1. The van der Waals surface area contributed by atoms with Crippen LogP contribution in [0.15, 0.2) is 49.7 Å². The molecule has 5 heteroatoms. The minimum atomic E-state index is 0.666. The van der Waals surface area contributed by atoms with Gasteiger partial charge in [-0.25, -0.2) is 4.98 Å². The molecule has 0 aliphatic carbocycles. The zero-order chi connectivity index (χ0) is 12.8. The zero-order valence-corrected chi connectivity index (χ0v) is 12.6. The third kappa shape index (κ3) is 3.86. The molecule has 0 amide bonds. The lowest BCUT2D eigenvalue weighted by atomic mass is 10.2. The molecule has 3 nitrogen and oxygen atoms in total. The second kappa shape index (κ2) is 6.97. The van der Waals surface area contributed by atoms with Gasteiger partial charge >= 0.3 is 0 Å². The lowest BCUT2D eigenvalue weighted by Gasteiger charge is -2.07. The van der Waals surface area contributed by atoms with Gasteiger partial charge in [-0.2, -0.15) is 0 Å². The van der Waals surface area contributed by atoms with E-state index in [0.29, 0.717) is 5.22 Å². The van der Waals surface area contributed by atoms with Gasteiger partial charge in [0.1, 0.15) is 6.26 Å². The van der Waals surface area contributed by atoms with Crippen molar-refractivity contribution in [2.45, 2.75) is 30.0 Å². The van der Waals surface area contributed by atoms with Crippen LogP contribution in [-0.2, 0) is 6.54 Å². The van der Waals surface area contributed by atoms with E-state index in [4.69, 9.17) is 4.42 Å². The van der Waals surface area contributed by atoms with E-state index in [1.165, 1.54) is 17.3 Å². The van der Waals surface area contributed by atoms with Crippen molar-refractivity contribution in [2.75, 3.05) is 6.54 Å². The van der Waals surface area contributed by atoms with Crippen molar-refractivity contribution in [2.24, 2.45) is 0 Å². The number of benzene rings is 1. The number of aromatic nitrogens is 1. The molecular weight excluding hydrogens is 312 g/mol. The van der Waals surface area contributed by atoms with Crippen LogP contribution in [0.4, 0.5) is 0 Å². The van der Waals surface area contributed by atoms with Crippen LogP contribution in [0.3, 0.4) is 0 Å². The minimum absolute atomic E-state index is 0.666. The highest BCUT2D eigenvalue weighted by Crippen LogP contribution is 2.29. The molecule has 0 fully saturated rings. The molecule has 0 saturated heterocycles. The van der Waals surface area contributed by atoms with E-state index < -0.39 is 0 Å². The predicted molar refractivity (Wildman–Crippen MR) is 76.8 cm³/mol. The molecule has 0 saturated carbocycles. The second-order valence-electron chi connectivity index (χ2n) is 3.83. The standard InChI is InChI=1S/C13H15BrN2OS/c1-2-5-15-9-10-3-4-11(8-12(10)14)18-13-16-6-7-17-13/h3-4,6-8,15H,2,5,9H2,1H3. The number of oxazole rings is 1. The van der Waals surface area contributed by atoms with Crippen LogP contribution in [0.2, 0.25) is 0 Å². The Balaban J connectivity index is 2.00. The Morgan fingerprint density at radius 2 is 2.33 bits per heavy atom. The molecule has 1 heterocycles. The third-order valence-corrected chi connectivity index (χ3v) is 3.99. The maximum Gasteiger partial charge on any atom is 0.260 e. The Hall–Kier alpha value is -0.780. The molecule has 0 spiro atoms. The van der Waals surface area contributed by atoms with E-state index in [9.17, 15) is 0 Å². The summed E-state index contributed by atoms with van der Waals surface area (Å²) in [4.78, 5) is 5.21. The lowest BCUT2D eigenvalue weighted by molar-refractivity contribution is 0.454. The second-order valence-corrected chi connectivity index (χ2v) is 5.71. The van der Waals surface area contributed by atoms with E-state index in [1.54, 1.807) is 12.5 Å². The summed E-state index contributed by atoms with van der Waals surface area (Å²) in [5.74, 6) is 0. The fourth-order valence-electron chi connectivity index (χ4n) is 1.50. The van der Waals surface area contributed by atoms with Gasteiger partial charge in [-0.05, 0) is 42.4 Å². The molecule has 18 heavy (non-hydrogen) atoms. The summed E-state index contributed by atoms with van der Waals surface area (Å²) in [5, 5.41) is 4.06. The van der Waals surface area contributed by atoms with Crippen LogP contribution in [-0.4, -0.2) is 11.5 Å². The van der Waals surface area contributed by atoms with Gasteiger partial charge < -0.3 is 9.73 Å². The quantitative estimate of drug-likeness (QED) is 0.811. The van der Waals surface area contributed by atoms with E-state index in [2.05, 4.69) is 51.4 Å². The topological polar surface area (TPSA) is 38.1 Å². The van der Waals surface area contributed by atoms with Gasteiger partial charge in [0.2, 0.25) is 0 Å². The zero-order valence-electron chi connectivity index (χ0n) is 10.1. The van der Waals surface area contributed by atoms with Gasteiger partial charge in [-0.15, -0.1) is 0 Å². The summed E-state index contributed by atoms with van der Waals surface area (Å²) in [5.41, 5.74) is 1.26. The van der Waals surface area contributed by atoms with E-state index in [0.717, 1.165) is 28.9 Å². The van der Waals surface area contributed by atoms with Crippen molar-refractivity contribution < 1.29 is 4.42 Å². The molecule has 0 aliphatic heterocycles. The molecule has 1 aromatic heterocycles. The molecule has 2 rings (SSSR count). The van der Waals surface area contributed by atoms with Gasteiger partial charge in [0.15, 0.2) is 0 Å². The molecule has 0 atom stereocenters. The molecule has 1 N–H and O–H groups in total. The normalized spacial score (nSPS) is 10.8. The first-order chi connectivity index (χ1) is 8.79. The van der Waals surface area contributed by atoms with Crippen molar-refractivity contribution >= 4 is 27.7 Å². The van der Waals surface area contributed by atoms with Crippen molar-refractivity contribution in [1.82, 2.24) is 10.3 Å². The molecular formula is C13H15BrN2OS. The molecule has 0 aliphatic rings. The fraction of sp³-hybridized carbons (Fsp3) is 0.308. The number of halogens is 1. The van der Waals surface area contributed by atoms with Crippen LogP contribution < -0.4 is 5.32 Å². The van der Waals surface area contributed by atoms with E-state index in [1.807, 2.05) is 0 Å². The molecule has 0 bridgehead atoms. The maximum atomic E-state index is 5.21. The summed E-state index contributed by atoms with van der Waals surface area (Å²) in [7, 11) is 0. The molecule has 0 radical (unpaired) electrons. The Morgan fingerprint density at radius 1 is 1.44 bits per heavy atom. The highest BCUT2D eigenvalue weighted by Gasteiger charge is 2.05. The average Bonchev–Trinajstić information content (AvgIpc) is 2.85. The van der Waals surface area contributed by atoms with Crippen molar-refractivity contribution in [3.8, 4) is 0 Å². The summed E-state index contributed by atoms with van der Waals surface area (Å²) in [6, 6.07) is 6.30. The highest BCUT2D eigenvalue weighted by atomic mass is 79.9. The molecule has 96 valence electrons. The van der Waals surface area contributed by atoms with Gasteiger partial charge in [-0.1, -0.05) is 28.9 Å². The summed E-state index contributed by atoms with van der Waals surface area (Å²) in [6.07, 6.45) is 4.39. The van der Waals surface area contributed by atoms with Gasteiger partial charge in [-0.3, -0.25) is 0 Å². The van der Waals surface area contributed by atoms with Crippen LogP contribution in [0.5, 0.6) is 0 Å². The average molecular weight is 327 g/mol. The molecule has 1 aromatic carbocycles. The van der Waals surface area contributed by atoms with E-state index >= 15 is 0 Å². The summed E-state index contributed by atoms with van der Waals surface area (Å²) in [6.45, 7) is 4.09. The summed E-state index contributed by atoms with van der Waals surface area (Å²) < 4.78 is 6.32. The minimum Gasteiger partial charge on any atom is -0.440 e. The van der Waals surface area contributed by atoms with Crippen molar-refractivity contribution in [3.63, 3.8) is 0 Å². The van der Waals surface area contributed by atoms with Crippen LogP contribution in [0.1, 0.15) is 18.9 Å². The SMILES string of the molecule is CCCNCc1ccc(Sc2ncco2)cc1Br. The van der Waals surface area contributed by atoms with Crippen LogP contribution in [0, 0.1) is 0 Å². The summed E-state index contributed by atoms with van der Waals surface area (Å²) >= 11 is 5.12. The number of nitrogens with zero attached hydrogens (tertiary/aromatic N) is 1. The Morgan fingerprint density at radius 3 is 3.00 bits per heavy atom. The maximum absolute atomic E-state index is 5.21. The third-order valence-electron chi connectivity index (χ3n) is 2.38. The smallest absolute Gasteiger partial charge is 0.260 e. The van der Waals surface area contributed by atoms with Crippen LogP contribution >= 0.6 is 27.7 Å². The van der Waals surface area contributed by atoms with Gasteiger partial charge in [0.25, 0.3) is 5.22 Å². The Kier molecular flexibility index (Phi) is 5.28. The molecule has 2 aromatic rings. The van der Waals surface area contributed by atoms with E-state index in [-0.39, 0.29) is 0 Å². The first-order valence-electron chi connectivity index (χ1n) is 5.86. The monoisotopic (exact) mass is 326 g/mol. The highest BCUT2D eigenvalue weighted by molar-refractivity contribution is 9.10. The van der Waals surface area contributed by atoms with Gasteiger partial charge in [0, 0.05) is 15.9 Å². The number of hydrogen-bond donors (Lipinski definition) is 1. The largest absolute Gasteiger partial charge is 0.440 e. The first kappa shape index (κ1) is 13.6. The fourth-order valence-corrected chi connectivity index (χ4v) is 2.90. The number of rotatable bonds is 6. The lowest BCUT2D eigenvalue weighted by Crippen LogP contribution is -2.14. The van der Waals surface area contributed by atoms with Crippen LogP contribution in [0.25, 0.3) is 0 Å². The predicted octanol–water partition coefficient (Wildman–Crippen LogP) is 4.09. The Labute approximate surface area is 120 Å². The number of hydrogen-bond acceptors (Lipinski definition) is 4. The van der Waals surface area contributed by atoms with Crippen molar-refractivity contribution in [1.29, 1.82) is 0 Å². The molecule has 0 unspecified atom stereocenters. The van der Waals surface area contributed by atoms with Gasteiger partial charge in [0.05, 0.1) is 6.20 Å². The Bertz CT molecular complexity index is 488. The first-order valence-corrected chi connectivity index (χ1v) is 7.47.